The van der Waals surface area contributed by atoms with Gasteiger partial charge in [0.25, 0.3) is 0 Å². The van der Waals surface area contributed by atoms with Crippen molar-refractivity contribution >= 4 is 5.96 Å². The summed E-state index contributed by atoms with van der Waals surface area (Å²) in [6.07, 6.45) is 6.13. The second-order valence-corrected chi connectivity index (χ2v) is 5.41. The highest BCUT2D eigenvalue weighted by molar-refractivity contribution is 5.78. The molecular weight excluding hydrogens is 248 g/mol. The Morgan fingerprint density at radius 3 is 2.55 bits per heavy atom. The molecule has 1 unspecified atom stereocenters. The number of hydrogen-bond donors (Lipinski definition) is 2. The average molecular weight is 270 g/mol. The van der Waals surface area contributed by atoms with Crippen molar-refractivity contribution in [2.24, 2.45) is 10.7 Å². The molecule has 1 fully saturated rings. The first-order chi connectivity index (χ1) is 9.69. The third-order valence-corrected chi connectivity index (χ3v) is 3.80. The van der Waals surface area contributed by atoms with E-state index < -0.39 is 0 Å². The highest BCUT2D eigenvalue weighted by Crippen LogP contribution is 2.20. The summed E-state index contributed by atoms with van der Waals surface area (Å²) in [5.41, 5.74) is 7.76. The van der Waals surface area contributed by atoms with Crippen LogP contribution in [-0.2, 0) is 0 Å². The van der Waals surface area contributed by atoms with Gasteiger partial charge in [0.15, 0.2) is 5.96 Å². The standard InChI is InChI=1S/C16H22N4/c1-12(14-9-7-13(11-17)8-10-14)19-16(18)20-15-5-3-2-4-6-15/h7-10,12,15H,2-6H2,1H3,(H3,18,19,20). The molecule has 3 N–H and O–H groups in total. The Hall–Kier alpha value is -2.02. The molecule has 106 valence electrons. The Labute approximate surface area is 120 Å². The fourth-order valence-corrected chi connectivity index (χ4v) is 2.60. The van der Waals surface area contributed by atoms with E-state index in [2.05, 4.69) is 16.4 Å². The Morgan fingerprint density at radius 1 is 1.30 bits per heavy atom. The molecule has 1 saturated carbocycles. The van der Waals surface area contributed by atoms with Gasteiger partial charge >= 0.3 is 0 Å². The molecule has 0 saturated heterocycles. The van der Waals surface area contributed by atoms with Gasteiger partial charge in [-0.3, -0.25) is 4.99 Å². The van der Waals surface area contributed by atoms with Gasteiger partial charge in [-0.2, -0.15) is 5.26 Å². The molecule has 0 radical (unpaired) electrons. The molecule has 4 heteroatoms. The second-order valence-electron chi connectivity index (χ2n) is 5.41. The Balaban J connectivity index is 1.93. The van der Waals surface area contributed by atoms with Crippen LogP contribution < -0.4 is 11.1 Å². The first-order valence-electron chi connectivity index (χ1n) is 7.29. The largest absolute Gasteiger partial charge is 0.370 e. The highest BCUT2D eigenvalue weighted by atomic mass is 15.1. The molecule has 0 aliphatic heterocycles. The molecule has 2 rings (SSSR count). The zero-order chi connectivity index (χ0) is 14.4. The number of hydrogen-bond acceptors (Lipinski definition) is 2. The van der Waals surface area contributed by atoms with Crippen molar-refractivity contribution in [3.63, 3.8) is 0 Å². The molecule has 0 aromatic heterocycles. The third-order valence-electron chi connectivity index (χ3n) is 3.80. The third kappa shape index (κ3) is 3.99. The topological polar surface area (TPSA) is 74.2 Å². The van der Waals surface area contributed by atoms with Crippen molar-refractivity contribution < 1.29 is 0 Å². The Kier molecular flexibility index (Phi) is 5.00. The Bertz CT molecular complexity index is 492. The van der Waals surface area contributed by atoms with Gasteiger partial charge in [-0.05, 0) is 37.5 Å². The molecule has 4 nitrogen and oxygen atoms in total. The Morgan fingerprint density at radius 2 is 1.95 bits per heavy atom. The van der Waals surface area contributed by atoms with E-state index in [1.54, 1.807) is 0 Å². The summed E-state index contributed by atoms with van der Waals surface area (Å²) in [7, 11) is 0. The molecule has 1 aliphatic carbocycles. The van der Waals surface area contributed by atoms with E-state index in [1.807, 2.05) is 31.2 Å². The maximum absolute atomic E-state index is 8.79. The smallest absolute Gasteiger partial charge is 0.189 e. The van der Waals surface area contributed by atoms with Gasteiger partial charge in [-0.15, -0.1) is 0 Å². The van der Waals surface area contributed by atoms with Gasteiger partial charge in [0.2, 0.25) is 0 Å². The summed E-state index contributed by atoms with van der Waals surface area (Å²) >= 11 is 0. The van der Waals surface area contributed by atoms with Crippen LogP contribution in [0.1, 0.15) is 56.2 Å². The molecule has 1 aromatic carbocycles. The van der Waals surface area contributed by atoms with Gasteiger partial charge in [0.05, 0.1) is 23.7 Å². The summed E-state index contributed by atoms with van der Waals surface area (Å²) in [5.74, 6) is 0.522. The van der Waals surface area contributed by atoms with Crippen LogP contribution in [-0.4, -0.2) is 12.0 Å². The van der Waals surface area contributed by atoms with Crippen molar-refractivity contribution in [2.45, 2.75) is 51.1 Å². The SMILES string of the molecule is CC(NC(N)=NC1CCCCC1)c1ccc(C#N)cc1. The summed E-state index contributed by atoms with van der Waals surface area (Å²) in [6, 6.07) is 10.1. The maximum Gasteiger partial charge on any atom is 0.189 e. The number of nitriles is 1. The van der Waals surface area contributed by atoms with Crippen molar-refractivity contribution in [1.82, 2.24) is 5.32 Å². The molecule has 0 amide bonds. The molecular formula is C16H22N4. The van der Waals surface area contributed by atoms with E-state index in [-0.39, 0.29) is 6.04 Å². The second kappa shape index (κ2) is 6.95. The van der Waals surface area contributed by atoms with Gasteiger partial charge < -0.3 is 11.1 Å². The van der Waals surface area contributed by atoms with E-state index in [4.69, 9.17) is 11.0 Å². The molecule has 1 atom stereocenters. The summed E-state index contributed by atoms with van der Waals surface area (Å²) < 4.78 is 0. The molecule has 1 aromatic rings. The van der Waals surface area contributed by atoms with Crippen molar-refractivity contribution in [2.75, 3.05) is 0 Å². The molecule has 20 heavy (non-hydrogen) atoms. The molecule has 0 bridgehead atoms. The number of nitrogens with two attached hydrogens (primary N) is 1. The lowest BCUT2D eigenvalue weighted by Gasteiger charge is -2.20. The number of rotatable bonds is 3. The lowest BCUT2D eigenvalue weighted by Crippen LogP contribution is -2.35. The van der Waals surface area contributed by atoms with Crippen LogP contribution in [0.15, 0.2) is 29.3 Å². The quantitative estimate of drug-likeness (QED) is 0.655. The zero-order valence-corrected chi connectivity index (χ0v) is 12.0. The number of aliphatic imine (C=N–C) groups is 1. The normalized spacial score (nSPS) is 18.3. The maximum atomic E-state index is 8.79. The molecule has 1 aliphatic rings. The van der Waals surface area contributed by atoms with Gasteiger partial charge in [0.1, 0.15) is 0 Å². The van der Waals surface area contributed by atoms with Crippen molar-refractivity contribution in [1.29, 1.82) is 5.26 Å². The van der Waals surface area contributed by atoms with Crippen LogP contribution in [0.5, 0.6) is 0 Å². The predicted molar refractivity (Wildman–Crippen MR) is 81.2 cm³/mol. The minimum absolute atomic E-state index is 0.0927. The average Bonchev–Trinajstić information content (AvgIpc) is 2.48. The van der Waals surface area contributed by atoms with E-state index >= 15 is 0 Å². The van der Waals surface area contributed by atoms with E-state index in [0.29, 0.717) is 17.6 Å². The van der Waals surface area contributed by atoms with E-state index in [9.17, 15) is 0 Å². The van der Waals surface area contributed by atoms with E-state index in [0.717, 1.165) is 18.4 Å². The first kappa shape index (κ1) is 14.4. The lowest BCUT2D eigenvalue weighted by atomic mass is 9.96. The van der Waals surface area contributed by atoms with Crippen molar-refractivity contribution in [3.8, 4) is 6.07 Å². The summed E-state index contributed by atoms with van der Waals surface area (Å²) in [5, 5.41) is 12.0. The summed E-state index contributed by atoms with van der Waals surface area (Å²) in [6.45, 7) is 2.05. The van der Waals surface area contributed by atoms with Crippen LogP contribution in [0.25, 0.3) is 0 Å². The number of benzene rings is 1. The fraction of sp³-hybridized carbons (Fsp3) is 0.500. The fourth-order valence-electron chi connectivity index (χ4n) is 2.60. The van der Waals surface area contributed by atoms with Gasteiger partial charge in [0, 0.05) is 0 Å². The van der Waals surface area contributed by atoms with Crippen LogP contribution in [0, 0.1) is 11.3 Å². The van der Waals surface area contributed by atoms with Gasteiger partial charge in [-0.25, -0.2) is 0 Å². The highest BCUT2D eigenvalue weighted by Gasteiger charge is 2.13. The first-order valence-corrected chi connectivity index (χ1v) is 7.29. The predicted octanol–water partition coefficient (Wildman–Crippen LogP) is 2.86. The number of nitrogens with zero attached hydrogens (tertiary/aromatic N) is 2. The van der Waals surface area contributed by atoms with Crippen LogP contribution in [0.4, 0.5) is 0 Å². The minimum atomic E-state index is 0.0927. The minimum Gasteiger partial charge on any atom is -0.370 e. The van der Waals surface area contributed by atoms with Crippen LogP contribution >= 0.6 is 0 Å². The van der Waals surface area contributed by atoms with Crippen LogP contribution in [0.2, 0.25) is 0 Å². The number of guanidine groups is 1. The number of nitrogens with one attached hydrogen (secondary N) is 1. The van der Waals surface area contributed by atoms with Crippen LogP contribution in [0.3, 0.4) is 0 Å². The van der Waals surface area contributed by atoms with E-state index in [1.165, 1.54) is 19.3 Å². The van der Waals surface area contributed by atoms with Gasteiger partial charge in [-0.1, -0.05) is 31.4 Å². The molecule has 0 spiro atoms. The monoisotopic (exact) mass is 270 g/mol. The lowest BCUT2D eigenvalue weighted by molar-refractivity contribution is 0.441. The van der Waals surface area contributed by atoms with Crippen molar-refractivity contribution in [3.05, 3.63) is 35.4 Å². The summed E-state index contributed by atoms with van der Waals surface area (Å²) in [4.78, 5) is 4.57. The zero-order valence-electron chi connectivity index (χ0n) is 12.0. The molecule has 0 heterocycles.